The number of rotatable bonds is 7. The summed E-state index contributed by atoms with van der Waals surface area (Å²) in [6.07, 6.45) is 2.53. The van der Waals surface area contributed by atoms with Crippen LogP contribution >= 0.6 is 0 Å². The van der Waals surface area contributed by atoms with Crippen molar-refractivity contribution < 1.29 is 18.9 Å². The summed E-state index contributed by atoms with van der Waals surface area (Å²) in [5, 5.41) is 13.7. The fraction of sp³-hybridized carbons (Fsp3) is 0.800. The van der Waals surface area contributed by atoms with Gasteiger partial charge in [-0.2, -0.15) is 0 Å². The highest BCUT2D eigenvalue weighted by molar-refractivity contribution is 7.84. The zero-order chi connectivity index (χ0) is 13.4. The lowest BCUT2D eigenvalue weighted by Gasteiger charge is -2.17. The maximum atomic E-state index is 11.4. The van der Waals surface area contributed by atoms with Crippen LogP contribution in [-0.2, 0) is 15.6 Å². The second-order valence-electron chi connectivity index (χ2n) is 3.88. The predicted octanol–water partition coefficient (Wildman–Crippen LogP) is 0.306. The highest BCUT2D eigenvalue weighted by Crippen LogP contribution is 1.94. The summed E-state index contributed by atoms with van der Waals surface area (Å²) >= 11 is 0. The molecule has 0 aromatic heterocycles. The molecule has 0 aromatic carbocycles. The van der Waals surface area contributed by atoms with E-state index in [9.17, 15) is 13.8 Å². The molecule has 0 spiro atoms. The van der Waals surface area contributed by atoms with Crippen LogP contribution in [0.4, 0.5) is 4.79 Å². The highest BCUT2D eigenvalue weighted by Gasteiger charge is 2.18. The molecule has 0 aliphatic rings. The second-order valence-corrected chi connectivity index (χ2v) is 5.44. The van der Waals surface area contributed by atoms with Gasteiger partial charge >= 0.3 is 12.0 Å². The molecule has 3 atom stereocenters. The van der Waals surface area contributed by atoms with Crippen LogP contribution in [0.3, 0.4) is 0 Å². The largest absolute Gasteiger partial charge is 0.480 e. The molecule has 7 heteroatoms. The van der Waals surface area contributed by atoms with Crippen molar-refractivity contribution in [2.24, 2.45) is 0 Å². The fourth-order valence-corrected chi connectivity index (χ4v) is 1.86. The molecular weight excluding hydrogens is 244 g/mol. The van der Waals surface area contributed by atoms with E-state index < -0.39 is 28.8 Å². The van der Waals surface area contributed by atoms with Gasteiger partial charge in [0.15, 0.2) is 0 Å². The Bertz CT molecular complexity index is 296. The molecule has 0 aromatic rings. The monoisotopic (exact) mass is 264 g/mol. The Morgan fingerprint density at radius 2 is 1.94 bits per heavy atom. The molecule has 2 amide bonds. The smallest absolute Gasteiger partial charge is 0.326 e. The van der Waals surface area contributed by atoms with Crippen molar-refractivity contribution in [2.45, 2.75) is 38.8 Å². The lowest BCUT2D eigenvalue weighted by Crippen LogP contribution is -2.48. The van der Waals surface area contributed by atoms with Gasteiger partial charge < -0.3 is 15.7 Å². The topological polar surface area (TPSA) is 95.5 Å². The van der Waals surface area contributed by atoms with Gasteiger partial charge in [-0.3, -0.25) is 4.21 Å². The molecule has 0 heterocycles. The maximum absolute atomic E-state index is 11.4. The van der Waals surface area contributed by atoms with Gasteiger partial charge in [-0.05, 0) is 19.8 Å². The molecule has 100 valence electrons. The molecular formula is C10H20N2O4S. The van der Waals surface area contributed by atoms with Crippen molar-refractivity contribution in [1.82, 2.24) is 10.6 Å². The normalized spacial score (nSPS) is 15.7. The summed E-state index contributed by atoms with van der Waals surface area (Å²) in [5.74, 6) is -0.539. The molecule has 0 fully saturated rings. The Labute approximate surface area is 104 Å². The minimum atomic E-state index is -1.05. The zero-order valence-corrected chi connectivity index (χ0v) is 11.2. The Morgan fingerprint density at radius 3 is 2.35 bits per heavy atom. The van der Waals surface area contributed by atoms with Crippen LogP contribution in [0, 0.1) is 0 Å². The van der Waals surface area contributed by atoms with Crippen LogP contribution in [0.15, 0.2) is 0 Å². The van der Waals surface area contributed by atoms with Crippen molar-refractivity contribution in [3.8, 4) is 0 Å². The standard InChI is InChI=1S/C10H20N2O4S/c1-4-8(9(13)14)12-10(15)11-7(2)5-6-17(3)16/h7-8H,4-6H2,1-3H3,(H,13,14)(H2,11,12,15)/t7?,8-,17?/m0/s1. The number of urea groups is 1. The third kappa shape index (κ3) is 7.73. The average Bonchev–Trinajstić information content (AvgIpc) is 2.22. The number of hydrogen-bond donors (Lipinski definition) is 3. The quantitative estimate of drug-likeness (QED) is 0.616. The molecule has 0 bridgehead atoms. The van der Waals surface area contributed by atoms with E-state index in [-0.39, 0.29) is 6.04 Å². The number of carboxylic acid groups (broad SMARTS) is 1. The molecule has 0 aliphatic carbocycles. The van der Waals surface area contributed by atoms with E-state index in [0.29, 0.717) is 18.6 Å². The molecule has 0 saturated heterocycles. The van der Waals surface area contributed by atoms with Crippen LogP contribution in [-0.4, -0.2) is 45.4 Å². The van der Waals surface area contributed by atoms with Crippen LogP contribution < -0.4 is 10.6 Å². The van der Waals surface area contributed by atoms with Crippen molar-refractivity contribution in [2.75, 3.05) is 12.0 Å². The second kappa shape index (κ2) is 8.05. The average molecular weight is 264 g/mol. The van der Waals surface area contributed by atoms with E-state index in [1.54, 1.807) is 20.1 Å². The number of hydrogen-bond acceptors (Lipinski definition) is 3. The third-order valence-electron chi connectivity index (χ3n) is 2.23. The molecule has 6 nitrogen and oxygen atoms in total. The van der Waals surface area contributed by atoms with E-state index in [4.69, 9.17) is 5.11 Å². The first-order valence-electron chi connectivity index (χ1n) is 5.46. The van der Waals surface area contributed by atoms with Gasteiger partial charge in [0.25, 0.3) is 0 Å². The molecule has 0 aliphatic heterocycles. The van der Waals surface area contributed by atoms with E-state index in [1.807, 2.05) is 0 Å². The highest BCUT2D eigenvalue weighted by atomic mass is 32.2. The molecule has 2 unspecified atom stereocenters. The lowest BCUT2D eigenvalue weighted by atomic mass is 10.2. The Hall–Kier alpha value is -1.11. The van der Waals surface area contributed by atoms with E-state index in [2.05, 4.69) is 10.6 Å². The summed E-state index contributed by atoms with van der Waals surface area (Å²) in [7, 11) is -0.886. The van der Waals surface area contributed by atoms with E-state index in [0.717, 1.165) is 0 Å². The van der Waals surface area contributed by atoms with Crippen molar-refractivity contribution in [3.05, 3.63) is 0 Å². The summed E-state index contributed by atoms with van der Waals surface area (Å²) in [5.41, 5.74) is 0. The Balaban J connectivity index is 3.99. The van der Waals surface area contributed by atoms with Crippen LogP contribution in [0.2, 0.25) is 0 Å². The van der Waals surface area contributed by atoms with E-state index >= 15 is 0 Å². The number of nitrogens with one attached hydrogen (secondary N) is 2. The first kappa shape index (κ1) is 15.9. The van der Waals surface area contributed by atoms with Crippen LogP contribution in [0.5, 0.6) is 0 Å². The fourth-order valence-electron chi connectivity index (χ4n) is 1.18. The van der Waals surface area contributed by atoms with Crippen LogP contribution in [0.25, 0.3) is 0 Å². The van der Waals surface area contributed by atoms with Gasteiger partial charge in [-0.1, -0.05) is 6.92 Å². The summed E-state index contributed by atoms with van der Waals surface area (Å²) in [6.45, 7) is 3.47. The van der Waals surface area contributed by atoms with Gasteiger partial charge in [-0.15, -0.1) is 0 Å². The summed E-state index contributed by atoms with van der Waals surface area (Å²) in [4.78, 5) is 22.1. The minimum absolute atomic E-state index is 0.134. The van der Waals surface area contributed by atoms with Gasteiger partial charge in [0.1, 0.15) is 6.04 Å². The molecule has 0 rings (SSSR count). The van der Waals surface area contributed by atoms with Gasteiger partial charge in [0.2, 0.25) is 0 Å². The Kier molecular flexibility index (Phi) is 7.53. The third-order valence-corrected chi connectivity index (χ3v) is 3.04. The summed E-state index contributed by atoms with van der Waals surface area (Å²) in [6, 6.07) is -1.51. The number of aliphatic carboxylic acids is 1. The lowest BCUT2D eigenvalue weighted by molar-refractivity contribution is -0.139. The van der Waals surface area contributed by atoms with Gasteiger partial charge in [0, 0.05) is 28.9 Å². The molecule has 3 N–H and O–H groups in total. The van der Waals surface area contributed by atoms with Gasteiger partial charge in [0.05, 0.1) is 0 Å². The summed E-state index contributed by atoms with van der Waals surface area (Å²) < 4.78 is 10.9. The number of carbonyl (C=O) groups is 2. The molecule has 17 heavy (non-hydrogen) atoms. The molecule has 0 saturated carbocycles. The SMILES string of the molecule is CC[C@H](NC(=O)NC(C)CCS(C)=O)C(=O)O. The van der Waals surface area contributed by atoms with Gasteiger partial charge in [-0.25, -0.2) is 9.59 Å². The van der Waals surface area contributed by atoms with Crippen molar-refractivity contribution in [3.63, 3.8) is 0 Å². The van der Waals surface area contributed by atoms with Crippen molar-refractivity contribution in [1.29, 1.82) is 0 Å². The molecule has 0 radical (unpaired) electrons. The maximum Gasteiger partial charge on any atom is 0.326 e. The van der Waals surface area contributed by atoms with Crippen LogP contribution in [0.1, 0.15) is 26.7 Å². The number of amides is 2. The predicted molar refractivity (Wildman–Crippen MR) is 66.4 cm³/mol. The Morgan fingerprint density at radius 1 is 1.35 bits per heavy atom. The number of carbonyl (C=O) groups excluding carboxylic acids is 1. The minimum Gasteiger partial charge on any atom is -0.480 e. The first-order valence-corrected chi connectivity index (χ1v) is 7.19. The number of carboxylic acids is 1. The first-order chi connectivity index (χ1) is 7.86. The van der Waals surface area contributed by atoms with Crippen molar-refractivity contribution >= 4 is 22.8 Å². The zero-order valence-electron chi connectivity index (χ0n) is 10.4. The van der Waals surface area contributed by atoms with E-state index in [1.165, 1.54) is 0 Å².